The van der Waals surface area contributed by atoms with Gasteiger partial charge in [0.1, 0.15) is 5.75 Å². The number of amides is 1. The summed E-state index contributed by atoms with van der Waals surface area (Å²) in [6.45, 7) is 0. The number of hydrogen-bond acceptors (Lipinski definition) is 3. The maximum atomic E-state index is 13.6. The van der Waals surface area contributed by atoms with Crippen molar-refractivity contribution in [2.75, 3.05) is 5.32 Å². The Bertz CT molecular complexity index is 878. The van der Waals surface area contributed by atoms with Crippen LogP contribution in [-0.2, 0) is 11.2 Å². The predicted octanol–water partition coefficient (Wildman–Crippen LogP) is 5.57. The van der Waals surface area contributed by atoms with Crippen molar-refractivity contribution < 1.29 is 49.0 Å². The zero-order valence-electron chi connectivity index (χ0n) is 15.8. The molecule has 0 heterocycles. The molecule has 1 amide bonds. The third-order valence-corrected chi connectivity index (χ3v) is 4.08. The first-order chi connectivity index (χ1) is 14.6. The first-order valence-corrected chi connectivity index (χ1v) is 8.75. The summed E-state index contributed by atoms with van der Waals surface area (Å²) < 4.78 is 122. The van der Waals surface area contributed by atoms with Gasteiger partial charge in [-0.05, 0) is 36.2 Å². The van der Waals surface area contributed by atoms with Gasteiger partial charge in [0.15, 0.2) is 0 Å². The first kappa shape index (κ1) is 25.1. The van der Waals surface area contributed by atoms with Crippen molar-refractivity contribution in [2.24, 2.45) is 0 Å². The average Bonchev–Trinajstić information content (AvgIpc) is 2.65. The lowest BCUT2D eigenvalue weighted by Gasteiger charge is -2.39. The average molecular weight is 474 g/mol. The van der Waals surface area contributed by atoms with Gasteiger partial charge in [0.2, 0.25) is 5.91 Å². The molecule has 0 atom stereocenters. The van der Waals surface area contributed by atoms with Crippen molar-refractivity contribution in [2.45, 2.75) is 37.2 Å². The molecule has 0 aromatic heterocycles. The number of halogens is 9. The molecule has 0 unspecified atom stereocenters. The third kappa shape index (κ3) is 6.44. The number of carbonyl (C=O) groups is 1. The molecule has 0 saturated carbocycles. The number of rotatable bonds is 7. The summed E-state index contributed by atoms with van der Waals surface area (Å²) in [5.74, 6) is -2.41. The van der Waals surface area contributed by atoms with Crippen LogP contribution >= 0.6 is 0 Å². The number of anilines is 1. The Morgan fingerprint density at radius 3 is 1.78 bits per heavy atom. The van der Waals surface area contributed by atoms with Gasteiger partial charge in [-0.3, -0.25) is 4.79 Å². The summed E-state index contributed by atoms with van der Waals surface area (Å²) in [6, 6.07) is 9.94. The Morgan fingerprint density at radius 2 is 1.31 bits per heavy atom. The quantitative estimate of drug-likeness (QED) is 0.408. The minimum atomic E-state index is -6.06. The smallest absolute Gasteiger partial charge is 0.406 e. The van der Waals surface area contributed by atoms with Gasteiger partial charge in [-0.1, -0.05) is 30.3 Å². The van der Waals surface area contributed by atoms with Gasteiger partial charge in [-0.25, -0.2) is 0 Å². The van der Waals surface area contributed by atoms with Gasteiger partial charge >= 0.3 is 24.4 Å². The van der Waals surface area contributed by atoms with Crippen molar-refractivity contribution in [3.05, 3.63) is 60.2 Å². The molecule has 0 radical (unpaired) electrons. The van der Waals surface area contributed by atoms with Crippen LogP contribution in [0.25, 0.3) is 0 Å². The van der Waals surface area contributed by atoms with Crippen LogP contribution < -0.4 is 15.4 Å². The minimum absolute atomic E-state index is 0.123. The van der Waals surface area contributed by atoms with E-state index >= 15 is 0 Å². The van der Waals surface area contributed by atoms with Crippen molar-refractivity contribution >= 4 is 11.6 Å². The van der Waals surface area contributed by atoms with Crippen LogP contribution in [0.2, 0.25) is 0 Å². The van der Waals surface area contributed by atoms with E-state index in [4.69, 9.17) is 0 Å². The first-order valence-electron chi connectivity index (χ1n) is 8.75. The second-order valence-corrected chi connectivity index (χ2v) is 6.48. The van der Waals surface area contributed by atoms with Gasteiger partial charge in [-0.2, -0.15) is 26.3 Å². The molecular formula is C19H15F9N2O2. The highest BCUT2D eigenvalue weighted by Crippen LogP contribution is 2.43. The SMILES string of the molecule is O=C(CCc1ccccc1)NC(Nc1ccc(OC(F)(F)F)cc1)(C(F)(F)F)C(F)(F)F. The summed E-state index contributed by atoms with van der Waals surface area (Å²) in [7, 11) is 0. The van der Waals surface area contributed by atoms with Gasteiger partial charge in [0.05, 0.1) is 0 Å². The Labute approximate surface area is 175 Å². The molecule has 0 bridgehead atoms. The Hall–Kier alpha value is -3.12. The van der Waals surface area contributed by atoms with Gasteiger partial charge < -0.3 is 15.4 Å². The summed E-state index contributed by atoms with van der Waals surface area (Å²) in [5, 5.41) is 2.14. The van der Waals surface area contributed by atoms with Crippen LogP contribution in [0.1, 0.15) is 12.0 Å². The zero-order chi connectivity index (χ0) is 24.2. The maximum absolute atomic E-state index is 13.6. The van der Waals surface area contributed by atoms with Gasteiger partial charge in [-0.15, -0.1) is 13.2 Å². The summed E-state index contributed by atoms with van der Waals surface area (Å²) in [6.07, 6.45) is -18.0. The molecule has 2 aromatic rings. The summed E-state index contributed by atoms with van der Waals surface area (Å²) in [4.78, 5) is 12.0. The topological polar surface area (TPSA) is 50.4 Å². The van der Waals surface area contributed by atoms with E-state index in [0.717, 1.165) is 5.32 Å². The normalized spacial score (nSPS) is 12.9. The zero-order valence-corrected chi connectivity index (χ0v) is 15.8. The predicted molar refractivity (Wildman–Crippen MR) is 94.5 cm³/mol. The molecule has 2 rings (SSSR count). The van der Waals surface area contributed by atoms with E-state index < -0.39 is 48.1 Å². The molecule has 0 saturated heterocycles. The number of carbonyl (C=O) groups excluding carboxylic acids is 1. The minimum Gasteiger partial charge on any atom is -0.406 e. The highest BCUT2D eigenvalue weighted by atomic mass is 19.4. The number of benzene rings is 2. The second kappa shape index (κ2) is 9.17. The van der Waals surface area contributed by atoms with Crippen LogP contribution in [0.15, 0.2) is 54.6 Å². The summed E-state index contributed by atoms with van der Waals surface area (Å²) in [5.41, 5.74) is -5.24. The highest BCUT2D eigenvalue weighted by Gasteiger charge is 2.72. The lowest BCUT2D eigenvalue weighted by molar-refractivity contribution is -0.296. The van der Waals surface area contributed by atoms with Gasteiger partial charge in [0.25, 0.3) is 0 Å². The van der Waals surface area contributed by atoms with Crippen molar-refractivity contribution in [1.29, 1.82) is 0 Å². The molecule has 176 valence electrons. The number of hydrogen-bond donors (Lipinski definition) is 2. The van der Waals surface area contributed by atoms with E-state index in [1.54, 1.807) is 18.2 Å². The number of nitrogens with one attached hydrogen (secondary N) is 2. The van der Waals surface area contributed by atoms with Crippen molar-refractivity contribution in [3.8, 4) is 5.75 Å². The van der Waals surface area contributed by atoms with E-state index in [9.17, 15) is 44.3 Å². The fraction of sp³-hybridized carbons (Fsp3) is 0.316. The Balaban J connectivity index is 2.28. The lowest BCUT2D eigenvalue weighted by atomic mass is 10.1. The maximum Gasteiger partial charge on any atom is 0.573 e. The van der Waals surface area contributed by atoms with Crippen LogP contribution in [0, 0.1) is 0 Å². The van der Waals surface area contributed by atoms with Crippen LogP contribution in [0.3, 0.4) is 0 Å². The molecule has 0 aliphatic heterocycles. The molecular weight excluding hydrogens is 459 g/mol. The van der Waals surface area contributed by atoms with Crippen LogP contribution in [-0.4, -0.2) is 30.3 Å². The molecule has 32 heavy (non-hydrogen) atoms. The van der Waals surface area contributed by atoms with E-state index in [1.165, 1.54) is 17.4 Å². The fourth-order valence-corrected chi connectivity index (χ4v) is 2.61. The van der Waals surface area contributed by atoms with Crippen molar-refractivity contribution in [1.82, 2.24) is 5.32 Å². The Morgan fingerprint density at radius 1 is 0.781 bits per heavy atom. The lowest BCUT2D eigenvalue weighted by Crippen LogP contribution is -2.72. The molecule has 2 aromatic carbocycles. The Kier molecular flexibility index (Phi) is 7.20. The van der Waals surface area contributed by atoms with Gasteiger partial charge in [0, 0.05) is 12.1 Å². The molecule has 0 aliphatic carbocycles. The monoisotopic (exact) mass is 474 g/mol. The standard InChI is InChI=1S/C19H15F9N2O2/c20-17(21,22)16(18(23,24)25,30-15(31)11-6-12-4-2-1-3-5-12)29-13-7-9-14(10-8-13)32-19(26,27)28/h1-5,7-10,29H,6,11H2,(H,30,31). The molecule has 4 nitrogen and oxygen atoms in total. The van der Waals surface area contributed by atoms with Crippen LogP contribution in [0.5, 0.6) is 5.75 Å². The summed E-state index contributed by atoms with van der Waals surface area (Å²) >= 11 is 0. The largest absolute Gasteiger partial charge is 0.573 e. The molecule has 13 heteroatoms. The molecule has 0 spiro atoms. The molecule has 0 fully saturated rings. The number of ether oxygens (including phenoxy) is 1. The number of alkyl halides is 9. The van der Waals surface area contributed by atoms with E-state index in [0.29, 0.717) is 29.8 Å². The third-order valence-electron chi connectivity index (χ3n) is 4.08. The highest BCUT2D eigenvalue weighted by molar-refractivity contribution is 5.78. The van der Waals surface area contributed by atoms with Crippen molar-refractivity contribution in [3.63, 3.8) is 0 Å². The van der Waals surface area contributed by atoms with E-state index in [-0.39, 0.29) is 6.42 Å². The fourth-order valence-electron chi connectivity index (χ4n) is 2.61. The number of aryl methyl sites for hydroxylation is 1. The van der Waals surface area contributed by atoms with E-state index in [1.807, 2.05) is 0 Å². The molecule has 0 aliphatic rings. The van der Waals surface area contributed by atoms with Crippen LogP contribution in [0.4, 0.5) is 45.2 Å². The van der Waals surface area contributed by atoms with E-state index in [2.05, 4.69) is 4.74 Å². The molecule has 2 N–H and O–H groups in total. The second-order valence-electron chi connectivity index (χ2n) is 6.48.